The van der Waals surface area contributed by atoms with Crippen molar-refractivity contribution in [3.8, 4) is 0 Å². The SMILES string of the molecule is CCCCCCC/C=C\CCCCCCCCCCCCC(=O)O. The molecule has 0 spiro atoms. The molecule has 0 aliphatic rings. The lowest BCUT2D eigenvalue weighted by molar-refractivity contribution is -0.137. The molecule has 0 amide bonds. The molecule has 0 aliphatic carbocycles. The van der Waals surface area contributed by atoms with Crippen LogP contribution < -0.4 is 0 Å². The lowest BCUT2D eigenvalue weighted by Gasteiger charge is -2.02. The highest BCUT2D eigenvalue weighted by molar-refractivity contribution is 5.66. The monoisotopic (exact) mass is 338 g/mol. The molecule has 0 radical (unpaired) electrons. The van der Waals surface area contributed by atoms with E-state index in [1.165, 1.54) is 96.3 Å². The predicted octanol–water partition coefficient (Wildman–Crippen LogP) is 7.67. The lowest BCUT2D eigenvalue weighted by Crippen LogP contribution is -1.93. The van der Waals surface area contributed by atoms with E-state index < -0.39 is 5.97 Å². The van der Waals surface area contributed by atoms with Crippen molar-refractivity contribution >= 4 is 5.97 Å². The molecule has 0 aromatic heterocycles. The summed E-state index contributed by atoms with van der Waals surface area (Å²) in [6.07, 6.45) is 27.1. The minimum absolute atomic E-state index is 0.341. The summed E-state index contributed by atoms with van der Waals surface area (Å²) in [6.45, 7) is 2.27. The normalized spacial score (nSPS) is 11.4. The molecule has 0 aromatic rings. The summed E-state index contributed by atoms with van der Waals surface area (Å²) in [6, 6.07) is 0. The van der Waals surface area contributed by atoms with Crippen LogP contribution in [0.2, 0.25) is 0 Å². The predicted molar refractivity (Wildman–Crippen MR) is 106 cm³/mol. The van der Waals surface area contributed by atoms with Crippen LogP contribution in [0.1, 0.15) is 122 Å². The zero-order valence-electron chi connectivity index (χ0n) is 16.2. The van der Waals surface area contributed by atoms with Crippen LogP contribution in [0, 0.1) is 0 Å². The highest BCUT2D eigenvalue weighted by atomic mass is 16.4. The van der Waals surface area contributed by atoms with E-state index in [9.17, 15) is 4.79 Å². The quantitative estimate of drug-likeness (QED) is 0.194. The number of aliphatic carboxylic acids is 1. The highest BCUT2D eigenvalue weighted by Gasteiger charge is 1.96. The minimum Gasteiger partial charge on any atom is -0.481 e. The summed E-state index contributed by atoms with van der Waals surface area (Å²) in [4.78, 5) is 10.4. The van der Waals surface area contributed by atoms with Gasteiger partial charge in [0.15, 0.2) is 0 Å². The van der Waals surface area contributed by atoms with Gasteiger partial charge < -0.3 is 5.11 Å². The zero-order valence-corrected chi connectivity index (χ0v) is 16.2. The number of allylic oxidation sites excluding steroid dienone is 2. The first-order valence-corrected chi connectivity index (χ1v) is 10.6. The van der Waals surface area contributed by atoms with Crippen molar-refractivity contribution in [2.75, 3.05) is 0 Å². The van der Waals surface area contributed by atoms with Gasteiger partial charge in [0.25, 0.3) is 0 Å². The molecule has 0 bridgehead atoms. The molecule has 1 N–H and O–H groups in total. The number of rotatable bonds is 19. The van der Waals surface area contributed by atoms with E-state index in [1.807, 2.05) is 0 Å². The third kappa shape index (κ3) is 21.2. The third-order valence-electron chi connectivity index (χ3n) is 4.65. The summed E-state index contributed by atoms with van der Waals surface area (Å²) >= 11 is 0. The zero-order chi connectivity index (χ0) is 17.7. The number of hydrogen-bond acceptors (Lipinski definition) is 1. The van der Waals surface area contributed by atoms with Gasteiger partial charge in [-0.15, -0.1) is 0 Å². The lowest BCUT2D eigenvalue weighted by atomic mass is 10.0. The number of carboxylic acids is 1. The summed E-state index contributed by atoms with van der Waals surface area (Å²) in [7, 11) is 0. The Morgan fingerprint density at radius 3 is 1.42 bits per heavy atom. The van der Waals surface area contributed by atoms with E-state index in [2.05, 4.69) is 19.1 Å². The summed E-state index contributed by atoms with van der Waals surface area (Å²) in [5.41, 5.74) is 0. The van der Waals surface area contributed by atoms with Crippen LogP contribution >= 0.6 is 0 Å². The number of carboxylic acid groups (broad SMARTS) is 1. The Balaban J connectivity index is 3.05. The Kier molecular flexibility index (Phi) is 19.6. The highest BCUT2D eigenvalue weighted by Crippen LogP contribution is 2.12. The first-order valence-electron chi connectivity index (χ1n) is 10.6. The fraction of sp³-hybridized carbons (Fsp3) is 0.864. The second-order valence-electron chi connectivity index (χ2n) is 7.14. The molecule has 0 rings (SSSR count). The largest absolute Gasteiger partial charge is 0.481 e. The molecule has 0 heterocycles. The maximum Gasteiger partial charge on any atom is 0.303 e. The van der Waals surface area contributed by atoms with Crippen LogP contribution in [0.3, 0.4) is 0 Å². The average Bonchev–Trinajstić information content (AvgIpc) is 2.56. The van der Waals surface area contributed by atoms with Crippen LogP contribution in [0.4, 0.5) is 0 Å². The van der Waals surface area contributed by atoms with Crippen molar-refractivity contribution in [3.05, 3.63) is 12.2 Å². The van der Waals surface area contributed by atoms with Gasteiger partial charge in [-0.05, 0) is 32.1 Å². The van der Waals surface area contributed by atoms with Crippen molar-refractivity contribution in [1.82, 2.24) is 0 Å². The van der Waals surface area contributed by atoms with Crippen LogP contribution in [-0.2, 0) is 4.79 Å². The van der Waals surface area contributed by atoms with Gasteiger partial charge in [-0.1, -0.05) is 96.1 Å². The molecule has 0 fully saturated rings. The van der Waals surface area contributed by atoms with E-state index >= 15 is 0 Å². The minimum atomic E-state index is -0.656. The molecule has 2 heteroatoms. The Morgan fingerprint density at radius 2 is 1.00 bits per heavy atom. The Hall–Kier alpha value is -0.790. The molecule has 142 valence electrons. The molecular weight excluding hydrogens is 296 g/mol. The number of hydrogen-bond donors (Lipinski definition) is 1. The Bertz CT molecular complexity index is 284. The molecule has 0 aromatic carbocycles. The topological polar surface area (TPSA) is 37.3 Å². The smallest absolute Gasteiger partial charge is 0.303 e. The van der Waals surface area contributed by atoms with E-state index in [0.717, 1.165) is 12.8 Å². The molecule has 0 saturated heterocycles. The second-order valence-corrected chi connectivity index (χ2v) is 7.14. The molecule has 2 nitrogen and oxygen atoms in total. The van der Waals surface area contributed by atoms with Crippen LogP contribution in [0.15, 0.2) is 12.2 Å². The molecule has 24 heavy (non-hydrogen) atoms. The summed E-state index contributed by atoms with van der Waals surface area (Å²) in [5.74, 6) is -0.656. The molecular formula is C22H42O2. The average molecular weight is 339 g/mol. The van der Waals surface area contributed by atoms with E-state index in [1.54, 1.807) is 0 Å². The Labute approximate surface area is 151 Å². The third-order valence-corrected chi connectivity index (χ3v) is 4.65. The van der Waals surface area contributed by atoms with Gasteiger partial charge in [-0.2, -0.15) is 0 Å². The van der Waals surface area contributed by atoms with E-state index in [0.29, 0.717) is 6.42 Å². The fourth-order valence-electron chi connectivity index (χ4n) is 3.05. The maximum absolute atomic E-state index is 10.4. The first kappa shape index (κ1) is 23.2. The van der Waals surface area contributed by atoms with Crippen LogP contribution in [0.5, 0.6) is 0 Å². The molecule has 0 unspecified atom stereocenters. The summed E-state index contributed by atoms with van der Waals surface area (Å²) < 4.78 is 0. The summed E-state index contributed by atoms with van der Waals surface area (Å²) in [5, 5.41) is 8.55. The van der Waals surface area contributed by atoms with E-state index in [4.69, 9.17) is 5.11 Å². The van der Waals surface area contributed by atoms with Gasteiger partial charge in [0.2, 0.25) is 0 Å². The number of carbonyl (C=O) groups is 1. The molecule has 0 atom stereocenters. The van der Waals surface area contributed by atoms with Gasteiger partial charge in [0.05, 0.1) is 0 Å². The molecule has 0 aliphatic heterocycles. The maximum atomic E-state index is 10.4. The van der Waals surface area contributed by atoms with Crippen molar-refractivity contribution in [3.63, 3.8) is 0 Å². The van der Waals surface area contributed by atoms with Gasteiger partial charge >= 0.3 is 5.97 Å². The van der Waals surface area contributed by atoms with Crippen LogP contribution in [-0.4, -0.2) is 11.1 Å². The molecule has 0 saturated carbocycles. The van der Waals surface area contributed by atoms with Crippen LogP contribution in [0.25, 0.3) is 0 Å². The van der Waals surface area contributed by atoms with Gasteiger partial charge in [0, 0.05) is 6.42 Å². The Morgan fingerprint density at radius 1 is 0.625 bits per heavy atom. The first-order chi connectivity index (χ1) is 11.8. The van der Waals surface area contributed by atoms with Crippen molar-refractivity contribution < 1.29 is 9.90 Å². The van der Waals surface area contributed by atoms with Gasteiger partial charge in [-0.25, -0.2) is 0 Å². The van der Waals surface area contributed by atoms with Gasteiger partial charge in [0.1, 0.15) is 0 Å². The van der Waals surface area contributed by atoms with Crippen molar-refractivity contribution in [1.29, 1.82) is 0 Å². The van der Waals surface area contributed by atoms with Crippen molar-refractivity contribution in [2.24, 2.45) is 0 Å². The second kappa shape index (κ2) is 20.3. The van der Waals surface area contributed by atoms with E-state index in [-0.39, 0.29) is 0 Å². The number of unbranched alkanes of at least 4 members (excludes halogenated alkanes) is 15. The standard InChI is InChI=1S/C22H42O2/c1-2-3-4-5-6-7-8-9-10-11-12-13-14-15-16-17-18-19-20-21-22(23)24/h8-9H,2-7,10-21H2,1H3,(H,23,24)/b9-8-. The van der Waals surface area contributed by atoms with Gasteiger partial charge in [-0.3, -0.25) is 4.79 Å². The fourth-order valence-corrected chi connectivity index (χ4v) is 3.05. The van der Waals surface area contributed by atoms with Crippen molar-refractivity contribution in [2.45, 2.75) is 122 Å².